The average Bonchev–Trinajstić information content (AvgIpc) is 3.42. The minimum Gasteiger partial charge on any atom is -0.272 e. The third-order valence-electron chi connectivity index (χ3n) is 6.14. The Bertz CT molecular complexity index is 1740. The molecule has 0 aliphatic heterocycles. The summed E-state index contributed by atoms with van der Waals surface area (Å²) >= 11 is 4.54. The van der Waals surface area contributed by atoms with Gasteiger partial charge in [-0.1, -0.05) is 126 Å². The first-order valence-corrected chi connectivity index (χ1v) is 14.8. The van der Waals surface area contributed by atoms with Gasteiger partial charge in [-0.2, -0.15) is 5.10 Å². The smallest absolute Gasteiger partial charge is 0.250 e. The highest BCUT2D eigenvalue weighted by Crippen LogP contribution is 2.32. The second kappa shape index (κ2) is 11.3. The Labute approximate surface area is 232 Å². The molecule has 8 heteroatoms. The molecule has 5 nitrogen and oxygen atoms in total. The van der Waals surface area contributed by atoms with Crippen LogP contribution < -0.4 is 5.43 Å². The number of benzene rings is 5. The molecule has 6 rings (SSSR count). The number of nitrogens with zero attached hydrogens (tertiary/aromatic N) is 3. The van der Waals surface area contributed by atoms with Crippen LogP contribution in [0.4, 0.5) is 0 Å². The van der Waals surface area contributed by atoms with Crippen LogP contribution in [0.2, 0.25) is 0 Å². The van der Waals surface area contributed by atoms with Crippen LogP contribution in [-0.2, 0) is 10.5 Å². The summed E-state index contributed by atoms with van der Waals surface area (Å²) < 4.78 is 1.66. The fourth-order valence-electron chi connectivity index (χ4n) is 4.39. The van der Waals surface area contributed by atoms with E-state index in [9.17, 15) is 4.79 Å². The normalized spacial score (nSPS) is 11.6. The largest absolute Gasteiger partial charge is 0.272 e. The summed E-state index contributed by atoms with van der Waals surface area (Å²) in [4.78, 5) is 12.5. The van der Waals surface area contributed by atoms with E-state index >= 15 is 0 Å². The maximum absolute atomic E-state index is 12.5. The SMILES string of the molecule is O=C(CSc1nnc(SCc2cccc3ccccc23)s1)NN=Cc1c2ccccc2cc2ccccc12. The zero-order valence-corrected chi connectivity index (χ0v) is 22.7. The van der Waals surface area contributed by atoms with E-state index in [0.29, 0.717) is 0 Å². The highest BCUT2D eigenvalue weighted by Gasteiger charge is 2.10. The number of thioether (sulfide) groups is 2. The van der Waals surface area contributed by atoms with Gasteiger partial charge in [-0.15, -0.1) is 10.2 Å². The first kappa shape index (κ1) is 24.6. The zero-order valence-electron chi connectivity index (χ0n) is 20.2. The van der Waals surface area contributed by atoms with Gasteiger partial charge in [0.25, 0.3) is 5.91 Å². The molecule has 0 saturated heterocycles. The van der Waals surface area contributed by atoms with Crippen LogP contribution in [0.15, 0.2) is 111 Å². The van der Waals surface area contributed by atoms with Gasteiger partial charge >= 0.3 is 0 Å². The quantitative estimate of drug-likeness (QED) is 0.0918. The Hall–Kier alpha value is -3.72. The number of hydrogen-bond acceptors (Lipinski definition) is 7. The van der Waals surface area contributed by atoms with Gasteiger partial charge in [0.1, 0.15) is 0 Å². The molecule has 0 radical (unpaired) electrons. The van der Waals surface area contributed by atoms with Crippen LogP contribution in [0.25, 0.3) is 32.3 Å². The van der Waals surface area contributed by atoms with E-state index in [1.54, 1.807) is 18.0 Å². The van der Waals surface area contributed by atoms with E-state index in [1.807, 2.05) is 24.3 Å². The number of nitrogens with one attached hydrogen (secondary N) is 1. The molecule has 0 aliphatic rings. The van der Waals surface area contributed by atoms with Crippen molar-refractivity contribution < 1.29 is 4.79 Å². The monoisotopic (exact) mass is 550 g/mol. The molecule has 0 unspecified atom stereocenters. The van der Waals surface area contributed by atoms with Crippen molar-refractivity contribution in [1.29, 1.82) is 0 Å². The van der Waals surface area contributed by atoms with Gasteiger partial charge in [0.05, 0.1) is 12.0 Å². The highest BCUT2D eigenvalue weighted by molar-refractivity contribution is 8.03. The van der Waals surface area contributed by atoms with Crippen molar-refractivity contribution in [2.75, 3.05) is 5.75 Å². The van der Waals surface area contributed by atoms with Crippen LogP contribution in [0.5, 0.6) is 0 Å². The van der Waals surface area contributed by atoms with Crippen molar-refractivity contribution in [2.24, 2.45) is 5.10 Å². The van der Waals surface area contributed by atoms with Gasteiger partial charge in [0.2, 0.25) is 0 Å². The van der Waals surface area contributed by atoms with E-state index in [0.717, 1.165) is 41.5 Å². The average molecular weight is 551 g/mol. The lowest BCUT2D eigenvalue weighted by molar-refractivity contribution is -0.118. The van der Waals surface area contributed by atoms with Crippen LogP contribution >= 0.6 is 34.9 Å². The van der Waals surface area contributed by atoms with Crippen molar-refractivity contribution in [2.45, 2.75) is 14.4 Å². The number of amides is 1. The van der Waals surface area contributed by atoms with Crippen molar-refractivity contribution in [1.82, 2.24) is 15.6 Å². The van der Waals surface area contributed by atoms with E-state index < -0.39 is 0 Å². The lowest BCUT2D eigenvalue weighted by atomic mass is 9.97. The van der Waals surface area contributed by atoms with Crippen molar-refractivity contribution in [3.8, 4) is 0 Å². The Morgan fingerprint density at radius 2 is 1.37 bits per heavy atom. The van der Waals surface area contributed by atoms with E-state index in [-0.39, 0.29) is 11.7 Å². The number of hydrogen-bond donors (Lipinski definition) is 1. The number of rotatable bonds is 8. The van der Waals surface area contributed by atoms with E-state index in [1.165, 1.54) is 39.4 Å². The zero-order chi connectivity index (χ0) is 25.7. The molecule has 0 bridgehead atoms. The molecule has 1 amide bonds. The molecule has 6 aromatic rings. The topological polar surface area (TPSA) is 67.2 Å². The van der Waals surface area contributed by atoms with Gasteiger partial charge in [0.15, 0.2) is 8.68 Å². The Morgan fingerprint density at radius 3 is 2.11 bits per heavy atom. The van der Waals surface area contributed by atoms with Crippen LogP contribution in [0.1, 0.15) is 11.1 Å². The van der Waals surface area contributed by atoms with Crippen molar-refractivity contribution in [3.05, 3.63) is 108 Å². The van der Waals surface area contributed by atoms with Gasteiger partial charge in [-0.3, -0.25) is 4.79 Å². The van der Waals surface area contributed by atoms with Gasteiger partial charge in [-0.05, 0) is 43.9 Å². The molecule has 1 heterocycles. The lowest BCUT2D eigenvalue weighted by Crippen LogP contribution is -2.19. The molecule has 0 spiro atoms. The Balaban J connectivity index is 1.06. The summed E-state index contributed by atoms with van der Waals surface area (Å²) in [6.45, 7) is 0. The fourth-order valence-corrected chi connectivity index (χ4v) is 7.20. The first-order chi connectivity index (χ1) is 18.7. The van der Waals surface area contributed by atoms with Gasteiger partial charge in [0, 0.05) is 11.3 Å². The minimum atomic E-state index is -0.184. The van der Waals surface area contributed by atoms with Crippen molar-refractivity contribution in [3.63, 3.8) is 0 Å². The predicted molar refractivity (Wildman–Crippen MR) is 161 cm³/mol. The molecule has 5 aromatic carbocycles. The summed E-state index contributed by atoms with van der Waals surface area (Å²) in [5, 5.41) is 19.8. The summed E-state index contributed by atoms with van der Waals surface area (Å²) in [7, 11) is 0. The number of aromatic nitrogens is 2. The second-order valence-corrected chi connectivity index (χ2v) is 12.0. The van der Waals surface area contributed by atoms with E-state index in [4.69, 9.17) is 0 Å². The standard InChI is InChI=1S/C30H22N4OS3/c35-28(32-31-17-27-25-14-5-2-9-21(25)16-22-10-3-6-15-26(22)27)19-37-30-34-33-29(38-30)36-18-23-12-7-11-20-8-1-4-13-24(20)23/h1-17H,18-19H2,(H,32,35). The highest BCUT2D eigenvalue weighted by atomic mass is 32.2. The molecular weight excluding hydrogens is 529 g/mol. The van der Waals surface area contributed by atoms with Crippen LogP contribution in [0.3, 0.4) is 0 Å². The number of carbonyl (C=O) groups is 1. The van der Waals surface area contributed by atoms with Crippen LogP contribution in [-0.4, -0.2) is 28.1 Å². The molecule has 186 valence electrons. The molecule has 1 aromatic heterocycles. The molecule has 1 N–H and O–H groups in total. The Morgan fingerprint density at radius 1 is 0.763 bits per heavy atom. The minimum absolute atomic E-state index is 0.184. The maximum atomic E-state index is 12.5. The molecule has 0 fully saturated rings. The molecule has 0 saturated carbocycles. The lowest BCUT2D eigenvalue weighted by Gasteiger charge is -2.07. The summed E-state index contributed by atoms with van der Waals surface area (Å²) in [6.07, 6.45) is 1.74. The van der Waals surface area contributed by atoms with Gasteiger partial charge in [-0.25, -0.2) is 5.43 Å². The van der Waals surface area contributed by atoms with Crippen molar-refractivity contribution >= 4 is 79.3 Å². The molecular formula is C30H22N4OS3. The van der Waals surface area contributed by atoms with Gasteiger partial charge < -0.3 is 0 Å². The molecule has 38 heavy (non-hydrogen) atoms. The second-order valence-electron chi connectivity index (χ2n) is 8.58. The maximum Gasteiger partial charge on any atom is 0.250 e. The van der Waals surface area contributed by atoms with E-state index in [2.05, 4.69) is 93.5 Å². The summed E-state index contributed by atoms with van der Waals surface area (Å²) in [6, 6.07) is 33.3. The first-order valence-electron chi connectivity index (χ1n) is 12.0. The van der Waals surface area contributed by atoms with Crippen LogP contribution in [0, 0.1) is 0 Å². The third kappa shape index (κ3) is 5.43. The molecule has 0 atom stereocenters. The fraction of sp³-hybridized carbons (Fsp3) is 0.0667. The third-order valence-corrected chi connectivity index (χ3v) is 9.38. The predicted octanol–water partition coefficient (Wildman–Crippen LogP) is 7.53. The number of fused-ring (bicyclic) bond motifs is 3. The number of carbonyl (C=O) groups excluding carboxylic acids is 1. The number of hydrazone groups is 1. The molecule has 0 aliphatic carbocycles. The summed E-state index contributed by atoms with van der Waals surface area (Å²) in [5.74, 6) is 0.852. The Kier molecular flexibility index (Phi) is 7.35. The summed E-state index contributed by atoms with van der Waals surface area (Å²) in [5.41, 5.74) is 4.92.